The lowest BCUT2D eigenvalue weighted by atomic mass is 9.43. The number of rotatable bonds is 7. The van der Waals surface area contributed by atoms with Gasteiger partial charge in [-0.2, -0.15) is 0 Å². The summed E-state index contributed by atoms with van der Waals surface area (Å²) < 4.78 is 31.1. The molecule has 0 unspecified atom stereocenters. The maximum absolute atomic E-state index is 13.7. The second kappa shape index (κ2) is 12.4. The first kappa shape index (κ1) is 37.0. The Bertz CT molecular complexity index is 1520. The molecule has 2 amide bonds. The molecule has 0 spiro atoms. The predicted octanol–water partition coefficient (Wildman–Crippen LogP) is 6.85. The van der Waals surface area contributed by atoms with Gasteiger partial charge in [0.1, 0.15) is 34.7 Å². The molecule has 0 N–H and O–H groups in total. The van der Waals surface area contributed by atoms with Gasteiger partial charge in [0, 0.05) is 6.54 Å². The van der Waals surface area contributed by atoms with Gasteiger partial charge in [-0.3, -0.25) is 9.69 Å². The summed E-state index contributed by atoms with van der Waals surface area (Å²) in [5.74, 6) is 1.11. The van der Waals surface area contributed by atoms with Crippen molar-refractivity contribution >= 4 is 25.1 Å². The summed E-state index contributed by atoms with van der Waals surface area (Å²) >= 11 is 0. The Morgan fingerprint density at radius 3 is 2.24 bits per heavy atom. The Hall–Kier alpha value is -2.79. The molecule has 3 aliphatic heterocycles. The Kier molecular flexibility index (Phi) is 9.19. The van der Waals surface area contributed by atoms with Gasteiger partial charge in [-0.15, -0.1) is 0 Å². The van der Waals surface area contributed by atoms with E-state index < -0.39 is 29.3 Å². The molecule has 2 bridgehead atoms. The summed E-state index contributed by atoms with van der Waals surface area (Å²) in [5, 5.41) is 0. The van der Waals surface area contributed by atoms with Crippen LogP contribution in [0.3, 0.4) is 0 Å². The Balaban J connectivity index is 1.12. The van der Waals surface area contributed by atoms with Crippen LogP contribution in [0, 0.1) is 29.6 Å². The van der Waals surface area contributed by atoms with Crippen LogP contribution in [-0.2, 0) is 30.0 Å². The first-order valence-corrected chi connectivity index (χ1v) is 18.6. The molecule has 1 aromatic carbocycles. The van der Waals surface area contributed by atoms with E-state index in [2.05, 4.69) is 34.6 Å². The number of ether oxygens (including phenoxy) is 3. The molecule has 3 saturated carbocycles. The molecule has 3 saturated heterocycles. The van der Waals surface area contributed by atoms with Crippen molar-refractivity contribution in [2.45, 2.75) is 150 Å². The molecular weight excluding hydrogens is 635 g/mol. The van der Waals surface area contributed by atoms with E-state index in [4.69, 9.17) is 23.5 Å². The zero-order chi connectivity index (χ0) is 36.8. The molecule has 0 aromatic heterocycles. The minimum absolute atomic E-state index is 0.106. The molecule has 11 heteroatoms. The van der Waals surface area contributed by atoms with Crippen LogP contribution in [0.2, 0.25) is 6.32 Å². The molecule has 3 heterocycles. The second-order valence-corrected chi connectivity index (χ2v) is 19.1. The summed E-state index contributed by atoms with van der Waals surface area (Å²) in [6.07, 6.45) is 3.57. The van der Waals surface area contributed by atoms with E-state index in [1.807, 2.05) is 60.6 Å². The number of esters is 1. The minimum atomic E-state index is -0.683. The highest BCUT2D eigenvalue weighted by Crippen LogP contribution is 2.65. The van der Waals surface area contributed by atoms with Gasteiger partial charge >= 0.3 is 19.2 Å². The van der Waals surface area contributed by atoms with Crippen molar-refractivity contribution in [1.82, 2.24) is 9.80 Å². The van der Waals surface area contributed by atoms with Crippen LogP contribution in [-0.4, -0.2) is 89.6 Å². The molecule has 1 aromatic rings. The summed E-state index contributed by atoms with van der Waals surface area (Å²) in [7, 11) is -0.282. The van der Waals surface area contributed by atoms with Crippen molar-refractivity contribution in [2.24, 2.45) is 22.7 Å². The van der Waals surface area contributed by atoms with Gasteiger partial charge in [0.25, 0.3) is 0 Å². The van der Waals surface area contributed by atoms with E-state index in [0.29, 0.717) is 61.9 Å². The molecule has 50 heavy (non-hydrogen) atoms. The van der Waals surface area contributed by atoms with Crippen molar-refractivity contribution in [3.05, 3.63) is 28.8 Å². The van der Waals surface area contributed by atoms with Gasteiger partial charge in [0.2, 0.25) is 5.91 Å². The smallest absolute Gasteiger partial charge is 0.457 e. The summed E-state index contributed by atoms with van der Waals surface area (Å²) in [5.41, 5.74) is 0.738. The molecule has 6 fully saturated rings. The lowest BCUT2D eigenvalue weighted by molar-refractivity contribution is -0.199. The number of nitrogens with zero attached hydrogens (tertiary/aromatic N) is 2. The molecule has 3 aliphatic carbocycles. The standard InChI is InChI=1S/C39H59BN2O8/c1-23-24(15-16-40-49-30-18-25-17-29(38(25,10)11)39(30,12)50-40)13-14-28(31(23)33(44)47-35(2,3)4)46-26-20-41(21-26)32(43)27-19-37(8,9)22-42(27)34(45)48-36(5,6)7/h13-14,25-27,29-30H,15-22H2,1-12H3/t25-,27-,29-,30+,39-/m0/s1. The third-order valence-electron chi connectivity index (χ3n) is 11.9. The normalized spacial score (nSPS) is 30.0. The summed E-state index contributed by atoms with van der Waals surface area (Å²) in [4.78, 5) is 43.7. The zero-order valence-corrected chi connectivity index (χ0v) is 32.4. The van der Waals surface area contributed by atoms with E-state index >= 15 is 0 Å². The number of amides is 2. The van der Waals surface area contributed by atoms with E-state index in [1.165, 1.54) is 6.42 Å². The third kappa shape index (κ3) is 7.02. The SMILES string of the molecule is Cc1c(CCB2O[C@@H]3C[C@@H]4C[C@@H](C4(C)C)[C@]3(C)O2)ccc(OC2CN(C(=O)[C@@H]3CC(C)(C)CN3C(=O)OC(C)(C)C)C2)c1C(=O)OC(C)(C)C. The van der Waals surface area contributed by atoms with Gasteiger partial charge < -0.3 is 28.4 Å². The molecule has 6 aliphatic rings. The highest BCUT2D eigenvalue weighted by Gasteiger charge is 2.67. The number of carbonyl (C=O) groups excluding carboxylic acids is 3. The molecular formula is C39H59BN2O8. The fourth-order valence-electron chi connectivity index (χ4n) is 9.12. The van der Waals surface area contributed by atoms with E-state index in [9.17, 15) is 14.4 Å². The van der Waals surface area contributed by atoms with Crippen LogP contribution in [0.5, 0.6) is 5.75 Å². The number of benzene rings is 1. The van der Waals surface area contributed by atoms with Crippen molar-refractivity contribution in [1.29, 1.82) is 0 Å². The first-order chi connectivity index (χ1) is 23.0. The summed E-state index contributed by atoms with van der Waals surface area (Å²) in [6, 6.07) is 3.28. The Morgan fingerprint density at radius 2 is 1.62 bits per heavy atom. The zero-order valence-electron chi connectivity index (χ0n) is 32.4. The average molecular weight is 695 g/mol. The molecule has 0 radical (unpaired) electrons. The number of aryl methyl sites for hydroxylation is 1. The predicted molar refractivity (Wildman–Crippen MR) is 191 cm³/mol. The van der Waals surface area contributed by atoms with Crippen molar-refractivity contribution in [3.8, 4) is 5.75 Å². The van der Waals surface area contributed by atoms with Crippen LogP contribution < -0.4 is 4.74 Å². The average Bonchev–Trinajstić information content (AvgIpc) is 3.47. The van der Waals surface area contributed by atoms with Crippen LogP contribution in [0.15, 0.2) is 12.1 Å². The van der Waals surface area contributed by atoms with Gasteiger partial charge in [0.15, 0.2) is 0 Å². The van der Waals surface area contributed by atoms with Crippen molar-refractivity contribution in [3.63, 3.8) is 0 Å². The lowest BCUT2D eigenvalue weighted by Gasteiger charge is -2.64. The van der Waals surface area contributed by atoms with Crippen LogP contribution >= 0.6 is 0 Å². The number of hydrogen-bond acceptors (Lipinski definition) is 8. The Labute approximate surface area is 299 Å². The van der Waals surface area contributed by atoms with E-state index in [0.717, 1.165) is 17.5 Å². The highest BCUT2D eigenvalue weighted by atomic mass is 16.7. The largest absolute Gasteiger partial charge is 0.486 e. The first-order valence-electron chi connectivity index (χ1n) is 18.6. The molecule has 7 rings (SSSR count). The molecule has 5 atom stereocenters. The maximum atomic E-state index is 13.7. The van der Waals surface area contributed by atoms with Crippen molar-refractivity contribution in [2.75, 3.05) is 19.6 Å². The number of likely N-dealkylation sites (tertiary alicyclic amines) is 2. The van der Waals surface area contributed by atoms with E-state index in [1.54, 1.807) is 9.80 Å². The van der Waals surface area contributed by atoms with Gasteiger partial charge in [-0.05, 0) is 127 Å². The van der Waals surface area contributed by atoms with E-state index in [-0.39, 0.29) is 41.7 Å². The van der Waals surface area contributed by atoms with Crippen LogP contribution in [0.25, 0.3) is 0 Å². The second-order valence-electron chi connectivity index (χ2n) is 19.1. The maximum Gasteiger partial charge on any atom is 0.457 e. The third-order valence-corrected chi connectivity index (χ3v) is 11.9. The molecule has 276 valence electrons. The lowest BCUT2D eigenvalue weighted by Crippen LogP contribution is -2.65. The monoisotopic (exact) mass is 694 g/mol. The fraction of sp³-hybridized carbons (Fsp3) is 0.769. The van der Waals surface area contributed by atoms with Gasteiger partial charge in [-0.1, -0.05) is 33.8 Å². The van der Waals surface area contributed by atoms with Crippen molar-refractivity contribution < 1.29 is 37.9 Å². The number of hydrogen-bond donors (Lipinski definition) is 0. The topological polar surface area (TPSA) is 104 Å². The number of carbonyl (C=O) groups is 3. The van der Waals surface area contributed by atoms with Gasteiger partial charge in [0.05, 0.1) is 24.8 Å². The molecule has 10 nitrogen and oxygen atoms in total. The summed E-state index contributed by atoms with van der Waals surface area (Å²) in [6.45, 7) is 25.2. The highest BCUT2D eigenvalue weighted by molar-refractivity contribution is 6.45. The quantitative estimate of drug-likeness (QED) is 0.226. The van der Waals surface area contributed by atoms with Crippen LogP contribution in [0.1, 0.15) is 117 Å². The fourth-order valence-corrected chi connectivity index (χ4v) is 9.12. The minimum Gasteiger partial charge on any atom is -0.486 e. The van der Waals surface area contributed by atoms with Gasteiger partial charge in [-0.25, -0.2) is 9.59 Å². The van der Waals surface area contributed by atoms with Crippen LogP contribution in [0.4, 0.5) is 4.79 Å². The Morgan fingerprint density at radius 1 is 0.960 bits per heavy atom.